The average Bonchev–Trinajstić information content (AvgIpc) is 2.89. The van der Waals surface area contributed by atoms with Gasteiger partial charge in [-0.25, -0.2) is 0 Å². The number of nitrogens with zero attached hydrogens (tertiary/aromatic N) is 1. The molecule has 2 rings (SSSR count). The highest BCUT2D eigenvalue weighted by Crippen LogP contribution is 2.21. The summed E-state index contributed by atoms with van der Waals surface area (Å²) in [6.45, 7) is 9.47. The number of benzene rings is 1. The SMILES string of the molecule is Cc1ccc(S(=O)(=O)OCC2CCC(=O)N2COCC[Si](C)(C)C)cc1.S. The molecule has 0 bridgehead atoms. The monoisotopic (exact) mass is 433 g/mol. The minimum atomic E-state index is -3.82. The zero-order valence-corrected chi connectivity index (χ0v) is 19.3. The first-order valence-electron chi connectivity index (χ1n) is 8.92. The molecule has 1 saturated heterocycles. The quantitative estimate of drug-likeness (QED) is 0.340. The zero-order valence-electron chi connectivity index (χ0n) is 16.5. The van der Waals surface area contributed by atoms with Gasteiger partial charge in [-0.05, 0) is 31.5 Å². The molecule has 0 radical (unpaired) electrons. The molecule has 1 heterocycles. The molecule has 1 fully saturated rings. The number of hydrogen-bond acceptors (Lipinski definition) is 5. The summed E-state index contributed by atoms with van der Waals surface area (Å²) in [5.41, 5.74) is 0.979. The molecule has 1 amide bonds. The maximum absolute atomic E-state index is 12.3. The van der Waals surface area contributed by atoms with Crippen LogP contribution >= 0.6 is 13.5 Å². The largest absolute Gasteiger partial charge is 0.361 e. The summed E-state index contributed by atoms with van der Waals surface area (Å²) in [6.07, 6.45) is 0.982. The molecule has 0 aromatic heterocycles. The lowest BCUT2D eigenvalue weighted by Gasteiger charge is -2.25. The van der Waals surface area contributed by atoms with E-state index in [4.69, 9.17) is 8.92 Å². The Labute approximate surface area is 170 Å². The van der Waals surface area contributed by atoms with Crippen molar-refractivity contribution in [2.75, 3.05) is 19.9 Å². The third-order valence-corrected chi connectivity index (χ3v) is 7.40. The van der Waals surface area contributed by atoms with Crippen LogP contribution < -0.4 is 0 Å². The molecular weight excluding hydrogens is 402 g/mol. The van der Waals surface area contributed by atoms with E-state index in [1.165, 1.54) is 12.1 Å². The Morgan fingerprint density at radius 2 is 1.81 bits per heavy atom. The van der Waals surface area contributed by atoms with E-state index in [9.17, 15) is 13.2 Å². The van der Waals surface area contributed by atoms with Gasteiger partial charge < -0.3 is 9.64 Å². The molecule has 154 valence electrons. The Kier molecular flexibility index (Phi) is 9.01. The van der Waals surface area contributed by atoms with Crippen LogP contribution in [0.25, 0.3) is 0 Å². The summed E-state index contributed by atoms with van der Waals surface area (Å²) in [5.74, 6) is -0.0145. The second-order valence-corrected chi connectivity index (χ2v) is 15.2. The van der Waals surface area contributed by atoms with Crippen LogP contribution in [0, 0.1) is 6.92 Å². The van der Waals surface area contributed by atoms with E-state index in [0.29, 0.717) is 19.4 Å². The maximum atomic E-state index is 12.3. The average molecular weight is 434 g/mol. The molecule has 1 aromatic carbocycles. The number of aryl methyl sites for hydroxylation is 1. The van der Waals surface area contributed by atoms with Crippen LogP contribution in [0.2, 0.25) is 25.7 Å². The van der Waals surface area contributed by atoms with Crippen molar-refractivity contribution in [3.8, 4) is 0 Å². The molecule has 0 aliphatic carbocycles. The minimum Gasteiger partial charge on any atom is -0.361 e. The highest BCUT2D eigenvalue weighted by molar-refractivity contribution is 7.86. The van der Waals surface area contributed by atoms with E-state index < -0.39 is 18.2 Å². The smallest absolute Gasteiger partial charge is 0.297 e. The summed E-state index contributed by atoms with van der Waals surface area (Å²) >= 11 is 0. The van der Waals surface area contributed by atoms with E-state index in [1.54, 1.807) is 17.0 Å². The molecule has 6 nitrogen and oxygen atoms in total. The molecule has 1 unspecified atom stereocenters. The summed E-state index contributed by atoms with van der Waals surface area (Å²) in [7, 11) is -5.01. The van der Waals surface area contributed by atoms with Crippen LogP contribution in [0.4, 0.5) is 0 Å². The van der Waals surface area contributed by atoms with Gasteiger partial charge in [-0.3, -0.25) is 8.98 Å². The van der Waals surface area contributed by atoms with Crippen molar-refractivity contribution in [3.05, 3.63) is 29.8 Å². The van der Waals surface area contributed by atoms with Crippen molar-refractivity contribution in [1.82, 2.24) is 4.90 Å². The molecule has 0 spiro atoms. The van der Waals surface area contributed by atoms with Crippen molar-refractivity contribution < 1.29 is 22.1 Å². The van der Waals surface area contributed by atoms with E-state index in [2.05, 4.69) is 19.6 Å². The molecule has 1 aliphatic rings. The summed E-state index contributed by atoms with van der Waals surface area (Å²) in [5, 5.41) is 0. The number of rotatable bonds is 9. The molecule has 0 saturated carbocycles. The molecule has 9 heteroatoms. The summed E-state index contributed by atoms with van der Waals surface area (Å²) in [6, 6.07) is 7.28. The minimum absolute atomic E-state index is 0. The second kappa shape index (κ2) is 10.1. The molecule has 1 aromatic rings. The Morgan fingerprint density at radius 1 is 1.19 bits per heavy atom. The standard InChI is InChI=1S/C18H29NO5SSi.H2S/c1-15-5-8-17(9-6-15)25(21,22)24-13-16-7-10-18(20)19(16)14-23-11-12-26(2,3)4;/h5-6,8-9,16H,7,10-14H2,1-4H3;1H2. The van der Waals surface area contributed by atoms with Crippen molar-refractivity contribution in [3.63, 3.8) is 0 Å². The van der Waals surface area contributed by atoms with Crippen LogP contribution in [-0.2, 0) is 23.8 Å². The Balaban J connectivity index is 0.00000364. The van der Waals surface area contributed by atoms with Crippen molar-refractivity contribution in [1.29, 1.82) is 0 Å². The predicted octanol–water partition coefficient (Wildman–Crippen LogP) is 3.12. The molecule has 1 aliphatic heterocycles. The van der Waals surface area contributed by atoms with E-state index in [0.717, 1.165) is 11.6 Å². The zero-order chi connectivity index (χ0) is 19.4. The van der Waals surface area contributed by atoms with Gasteiger partial charge in [-0.1, -0.05) is 37.3 Å². The maximum Gasteiger partial charge on any atom is 0.297 e. The molecular formula is C18H31NO5S2Si. The van der Waals surface area contributed by atoms with Crippen LogP contribution in [0.1, 0.15) is 18.4 Å². The van der Waals surface area contributed by atoms with Gasteiger partial charge in [0, 0.05) is 21.1 Å². The first-order valence-corrected chi connectivity index (χ1v) is 14.0. The van der Waals surface area contributed by atoms with Crippen LogP contribution in [-0.4, -0.2) is 53.3 Å². The van der Waals surface area contributed by atoms with Gasteiger partial charge in [-0.15, -0.1) is 0 Å². The van der Waals surface area contributed by atoms with Gasteiger partial charge in [-0.2, -0.15) is 21.9 Å². The van der Waals surface area contributed by atoms with Gasteiger partial charge in [0.05, 0.1) is 17.5 Å². The van der Waals surface area contributed by atoms with Crippen molar-refractivity contribution in [2.45, 2.75) is 56.4 Å². The van der Waals surface area contributed by atoms with Gasteiger partial charge in [0.15, 0.2) is 0 Å². The molecule has 27 heavy (non-hydrogen) atoms. The molecule has 0 N–H and O–H groups in total. The van der Waals surface area contributed by atoms with Crippen molar-refractivity contribution in [2.24, 2.45) is 0 Å². The number of hydrogen-bond donors (Lipinski definition) is 0. The fraction of sp³-hybridized carbons (Fsp3) is 0.611. The Hall–Kier alpha value is -0.873. The Morgan fingerprint density at radius 3 is 2.41 bits per heavy atom. The van der Waals surface area contributed by atoms with E-state index in [1.807, 2.05) is 6.92 Å². The van der Waals surface area contributed by atoms with Gasteiger partial charge in [0.25, 0.3) is 10.1 Å². The fourth-order valence-electron chi connectivity index (χ4n) is 2.63. The number of carbonyl (C=O) groups excluding carboxylic acids is 1. The number of ether oxygens (including phenoxy) is 1. The lowest BCUT2D eigenvalue weighted by atomic mass is 10.2. The topological polar surface area (TPSA) is 72.9 Å². The van der Waals surface area contributed by atoms with Crippen LogP contribution in [0.15, 0.2) is 29.2 Å². The predicted molar refractivity (Wildman–Crippen MR) is 114 cm³/mol. The third kappa shape index (κ3) is 7.57. The first kappa shape index (κ1) is 24.2. The first-order chi connectivity index (χ1) is 12.1. The normalized spacial score (nSPS) is 17.9. The number of amides is 1. The summed E-state index contributed by atoms with van der Waals surface area (Å²) in [4.78, 5) is 13.8. The van der Waals surface area contributed by atoms with Crippen LogP contribution in [0.5, 0.6) is 0 Å². The number of carbonyl (C=O) groups is 1. The van der Waals surface area contributed by atoms with Gasteiger partial charge >= 0.3 is 0 Å². The van der Waals surface area contributed by atoms with E-state index in [-0.39, 0.29) is 43.7 Å². The van der Waals surface area contributed by atoms with Gasteiger partial charge in [0.1, 0.15) is 6.73 Å². The van der Waals surface area contributed by atoms with E-state index >= 15 is 0 Å². The lowest BCUT2D eigenvalue weighted by Crippen LogP contribution is -2.38. The number of likely N-dealkylation sites (tertiary alicyclic amines) is 1. The highest BCUT2D eigenvalue weighted by atomic mass is 32.2. The Bertz CT molecular complexity index is 716. The van der Waals surface area contributed by atoms with Crippen LogP contribution in [0.3, 0.4) is 0 Å². The highest BCUT2D eigenvalue weighted by Gasteiger charge is 2.32. The second-order valence-electron chi connectivity index (χ2n) is 7.96. The summed E-state index contributed by atoms with van der Waals surface area (Å²) < 4.78 is 35.5. The van der Waals surface area contributed by atoms with Gasteiger partial charge in [0.2, 0.25) is 5.91 Å². The molecule has 1 atom stereocenters. The third-order valence-electron chi connectivity index (χ3n) is 4.40. The van der Waals surface area contributed by atoms with Crippen molar-refractivity contribution >= 4 is 37.6 Å². The fourth-order valence-corrected chi connectivity index (χ4v) is 4.32. The lowest BCUT2D eigenvalue weighted by molar-refractivity contribution is -0.134.